The maximum Gasteiger partial charge on any atom is 0.0718 e. The van der Waals surface area contributed by atoms with Gasteiger partial charge >= 0.3 is 0 Å². The Bertz CT molecular complexity index is 947. The van der Waals surface area contributed by atoms with E-state index in [1.807, 2.05) is 0 Å². The molecule has 4 unspecified atom stereocenters. The molecule has 34 heavy (non-hydrogen) atoms. The quantitative estimate of drug-likeness (QED) is 0.241. The van der Waals surface area contributed by atoms with Gasteiger partial charge < -0.3 is 0 Å². The summed E-state index contributed by atoms with van der Waals surface area (Å²) in [5, 5.41) is 3.42. The van der Waals surface area contributed by atoms with E-state index in [0.717, 1.165) is 21.0 Å². The molecule has 12 heteroatoms. The van der Waals surface area contributed by atoms with Crippen molar-refractivity contribution < 1.29 is 0 Å². The molecule has 0 aromatic carbocycles. The predicted octanol–water partition coefficient (Wildman–Crippen LogP) is 12.1. The third kappa shape index (κ3) is 4.65. The summed E-state index contributed by atoms with van der Waals surface area (Å²) in [6.07, 6.45) is 11.4. The van der Waals surface area contributed by atoms with E-state index >= 15 is 0 Å². The first-order chi connectivity index (χ1) is 16.8. The third-order valence-electron chi connectivity index (χ3n) is 6.63. The topological polar surface area (TPSA) is 0 Å². The van der Waals surface area contributed by atoms with Gasteiger partial charge in [0.15, 0.2) is 0 Å². The average molecular weight is 669 g/mol. The van der Waals surface area contributed by atoms with E-state index in [4.69, 9.17) is 0 Å². The summed E-state index contributed by atoms with van der Waals surface area (Å²) in [6.45, 7) is 0. The first-order valence-electron chi connectivity index (χ1n) is 11.6. The Morgan fingerprint density at radius 1 is 0.294 bits per heavy atom. The van der Waals surface area contributed by atoms with Gasteiger partial charge in [0, 0.05) is 21.0 Å². The van der Waals surface area contributed by atoms with Crippen LogP contribution >= 0.6 is 141 Å². The van der Waals surface area contributed by atoms with Crippen molar-refractivity contribution in [3.05, 3.63) is 42.4 Å². The molecule has 0 bridgehead atoms. The van der Waals surface area contributed by atoms with Crippen molar-refractivity contribution in [1.29, 1.82) is 0 Å². The van der Waals surface area contributed by atoms with Crippen LogP contribution in [0.5, 0.6) is 0 Å². The van der Waals surface area contributed by atoms with Gasteiger partial charge in [0.2, 0.25) is 0 Å². The summed E-state index contributed by atoms with van der Waals surface area (Å²) in [6, 6.07) is 0. The first-order valence-corrected chi connectivity index (χ1v) is 21.6. The molecule has 180 valence electrons. The fourth-order valence-electron chi connectivity index (χ4n) is 4.97. The van der Waals surface area contributed by atoms with Crippen LogP contribution in [0, 0.1) is 0 Å². The van der Waals surface area contributed by atoms with Crippen molar-refractivity contribution in [1.82, 2.24) is 0 Å². The van der Waals surface area contributed by atoms with Crippen LogP contribution in [0.25, 0.3) is 0 Å². The molecular formula is C22H20S12. The number of rotatable bonds is 0. The van der Waals surface area contributed by atoms with Crippen LogP contribution in [0.3, 0.4) is 0 Å². The Labute approximate surface area is 252 Å². The Balaban J connectivity index is 0.957. The molecule has 2 saturated carbocycles. The van der Waals surface area contributed by atoms with E-state index in [1.165, 1.54) is 59.8 Å². The molecule has 0 nitrogen and oxygen atoms in total. The van der Waals surface area contributed by atoms with E-state index in [9.17, 15) is 0 Å². The van der Waals surface area contributed by atoms with Crippen molar-refractivity contribution >= 4 is 141 Å². The lowest BCUT2D eigenvalue weighted by molar-refractivity contribution is 0.528. The fourth-order valence-corrected chi connectivity index (χ4v) is 25.8. The molecule has 0 aromatic rings. The molecule has 2 aliphatic carbocycles. The molecule has 8 aliphatic rings. The average Bonchev–Trinajstić information content (AvgIpc) is 3.46. The molecule has 0 spiro atoms. The fraction of sp³-hybridized carbons (Fsp3) is 0.545. The molecule has 0 amide bonds. The minimum absolute atomic E-state index is 0.855. The van der Waals surface area contributed by atoms with Crippen LogP contribution in [0.1, 0.15) is 51.4 Å². The van der Waals surface area contributed by atoms with Gasteiger partial charge in [-0.2, -0.15) is 0 Å². The van der Waals surface area contributed by atoms with Gasteiger partial charge in [-0.1, -0.05) is 120 Å². The molecule has 0 radical (unpaired) electrons. The molecule has 8 rings (SSSR count). The molecule has 0 N–H and O–H groups in total. The van der Waals surface area contributed by atoms with Gasteiger partial charge in [0.05, 0.1) is 42.4 Å². The molecule has 4 atom stereocenters. The Hall–Kier alpha value is 2.90. The zero-order valence-corrected chi connectivity index (χ0v) is 27.7. The second-order valence-electron chi connectivity index (χ2n) is 8.89. The van der Waals surface area contributed by atoms with Gasteiger partial charge in [-0.25, -0.2) is 0 Å². The second-order valence-corrected chi connectivity index (χ2v) is 24.6. The monoisotopic (exact) mass is 668 g/mol. The summed E-state index contributed by atoms with van der Waals surface area (Å²) < 4.78 is 15.7. The zero-order valence-electron chi connectivity index (χ0n) is 17.9. The Morgan fingerprint density at radius 2 is 0.500 bits per heavy atom. The van der Waals surface area contributed by atoms with E-state index in [-0.39, 0.29) is 0 Å². The second kappa shape index (κ2) is 10.4. The van der Waals surface area contributed by atoms with Gasteiger partial charge in [0.25, 0.3) is 0 Å². The highest BCUT2D eigenvalue weighted by molar-refractivity contribution is 8.50. The van der Waals surface area contributed by atoms with Crippen LogP contribution in [-0.4, -0.2) is 21.0 Å². The highest BCUT2D eigenvalue weighted by atomic mass is 32.3. The number of fused-ring (bicyclic) bond motifs is 2. The van der Waals surface area contributed by atoms with Crippen LogP contribution in [0.4, 0.5) is 0 Å². The van der Waals surface area contributed by atoms with Crippen LogP contribution in [0.15, 0.2) is 42.4 Å². The lowest BCUT2D eigenvalue weighted by Crippen LogP contribution is -2.26. The SMILES string of the molecule is C1CCC2SC3=C(SC4=C(SC(=C5SC6=C(S5)SC5=C(S6)SC6CCCCC6S5)S4)S3)SC2C1. The van der Waals surface area contributed by atoms with Crippen molar-refractivity contribution in [2.75, 3.05) is 0 Å². The van der Waals surface area contributed by atoms with E-state index < -0.39 is 0 Å². The summed E-state index contributed by atoms with van der Waals surface area (Å²) in [7, 11) is 0. The van der Waals surface area contributed by atoms with Crippen LogP contribution < -0.4 is 0 Å². The molecule has 0 saturated heterocycles. The van der Waals surface area contributed by atoms with Gasteiger partial charge in [-0.3, -0.25) is 0 Å². The lowest BCUT2D eigenvalue weighted by Gasteiger charge is -2.37. The van der Waals surface area contributed by atoms with Crippen molar-refractivity contribution in [3.63, 3.8) is 0 Å². The normalized spacial score (nSPS) is 37.4. The maximum absolute atomic E-state index is 2.21. The van der Waals surface area contributed by atoms with E-state index in [2.05, 4.69) is 141 Å². The largest absolute Gasteiger partial charge is 0.113 e. The highest BCUT2D eigenvalue weighted by Crippen LogP contribution is 2.74. The third-order valence-corrected chi connectivity index (χ3v) is 26.1. The van der Waals surface area contributed by atoms with Gasteiger partial charge in [-0.05, 0) is 25.7 Å². The molecule has 2 fully saturated rings. The van der Waals surface area contributed by atoms with Crippen molar-refractivity contribution in [2.24, 2.45) is 0 Å². The van der Waals surface area contributed by atoms with Crippen LogP contribution in [0.2, 0.25) is 0 Å². The number of hydrogen-bond acceptors (Lipinski definition) is 12. The molecular weight excluding hydrogens is 649 g/mol. The van der Waals surface area contributed by atoms with Crippen molar-refractivity contribution in [3.8, 4) is 0 Å². The Kier molecular flexibility index (Phi) is 7.53. The van der Waals surface area contributed by atoms with Gasteiger partial charge in [0.1, 0.15) is 0 Å². The summed E-state index contributed by atoms with van der Waals surface area (Å²) in [5.74, 6) is 0. The zero-order chi connectivity index (χ0) is 22.2. The standard InChI is InChI=1S/C22H20S12/c1-2-6-10-9(5-1)23-13-14(24-10)28-18-17(27-13)31-21(32-18)22-33-19-20(34-22)30-16-15(29-19)25-11-7-3-4-8-12(11)26-16/h9-12H,1-8H2. The summed E-state index contributed by atoms with van der Waals surface area (Å²) in [4.78, 5) is 0. The number of thioether (sulfide) groups is 12. The molecule has 6 aliphatic heterocycles. The molecule has 0 aromatic heterocycles. The predicted molar refractivity (Wildman–Crippen MR) is 178 cm³/mol. The summed E-state index contributed by atoms with van der Waals surface area (Å²) in [5.41, 5.74) is 0. The van der Waals surface area contributed by atoms with Gasteiger partial charge in [-0.15, -0.1) is 47.0 Å². The van der Waals surface area contributed by atoms with Crippen LogP contribution in [-0.2, 0) is 0 Å². The molecule has 6 heterocycles. The minimum atomic E-state index is 0.855. The lowest BCUT2D eigenvalue weighted by atomic mass is 10.00. The highest BCUT2D eigenvalue weighted by Gasteiger charge is 2.42. The number of hydrogen-bond donors (Lipinski definition) is 0. The van der Waals surface area contributed by atoms with E-state index in [0.29, 0.717) is 0 Å². The smallest absolute Gasteiger partial charge is 0.0718 e. The summed E-state index contributed by atoms with van der Waals surface area (Å²) >= 11 is 25.4. The first kappa shape index (κ1) is 24.7. The maximum atomic E-state index is 2.21. The minimum Gasteiger partial charge on any atom is -0.113 e. The van der Waals surface area contributed by atoms with E-state index in [1.54, 1.807) is 33.9 Å². The van der Waals surface area contributed by atoms with Crippen molar-refractivity contribution in [2.45, 2.75) is 72.4 Å². The Morgan fingerprint density at radius 3 is 0.735 bits per heavy atom.